The maximum absolute atomic E-state index is 10.0. The van der Waals surface area contributed by atoms with Crippen LogP contribution in [0.5, 0.6) is 0 Å². The zero-order chi connectivity index (χ0) is 10.5. The molecule has 0 aromatic carbocycles. The van der Waals surface area contributed by atoms with Gasteiger partial charge in [-0.3, -0.25) is 0 Å². The van der Waals surface area contributed by atoms with Gasteiger partial charge in [0.25, 0.3) is 0 Å². The Balaban J connectivity index is 0. The second-order valence-electron chi connectivity index (χ2n) is 4.55. The van der Waals surface area contributed by atoms with Crippen molar-refractivity contribution >= 4 is 8.32 Å². The molecule has 2 nitrogen and oxygen atoms in total. The fraction of sp³-hybridized carbons (Fsp3) is 0.800. The van der Waals surface area contributed by atoms with Gasteiger partial charge >= 0.3 is 29.6 Å². The van der Waals surface area contributed by atoms with Crippen LogP contribution >= 0.6 is 0 Å². The van der Waals surface area contributed by atoms with Crippen LogP contribution in [0.1, 0.15) is 20.8 Å². The second-order valence-corrected chi connectivity index (χ2v) is 9.36. The van der Waals surface area contributed by atoms with Crippen LogP contribution < -0.4 is 34.7 Å². The molecule has 0 saturated heterocycles. The van der Waals surface area contributed by atoms with Gasteiger partial charge in [0.15, 0.2) is 8.32 Å². The Morgan fingerprint density at radius 1 is 1.21 bits per heavy atom. The predicted molar refractivity (Wildman–Crippen MR) is 55.8 cm³/mol. The van der Waals surface area contributed by atoms with Crippen molar-refractivity contribution in [2.45, 2.75) is 38.9 Å². The van der Waals surface area contributed by atoms with Gasteiger partial charge in [0.05, 0.1) is 6.61 Å². The average Bonchev–Trinajstić information content (AvgIpc) is 1.96. The number of hydrogen-bond acceptors (Lipinski definition) is 2. The third kappa shape index (κ3) is 6.23. The number of rotatable bonds is 2. The molecule has 0 aromatic heterocycles. The molecule has 0 unspecified atom stereocenters. The molecule has 0 amide bonds. The summed E-state index contributed by atoms with van der Waals surface area (Å²) in [5.74, 6) is 5.18. The van der Waals surface area contributed by atoms with Crippen LogP contribution in [0.25, 0.3) is 0 Å². The van der Waals surface area contributed by atoms with Crippen molar-refractivity contribution in [1.82, 2.24) is 0 Å². The Morgan fingerprint density at radius 2 is 1.71 bits per heavy atom. The molecule has 0 N–H and O–H groups in total. The van der Waals surface area contributed by atoms with Crippen LogP contribution in [0.3, 0.4) is 0 Å². The average molecular weight is 222 g/mol. The SMILES string of the molecule is CC(C)(C)[Si](C)(C)OCC#CC[O-].[Na+]. The molecule has 0 saturated carbocycles. The van der Waals surface area contributed by atoms with Crippen LogP contribution in [0.2, 0.25) is 18.1 Å². The molecule has 0 spiro atoms. The van der Waals surface area contributed by atoms with Crippen LogP contribution in [-0.2, 0) is 4.43 Å². The van der Waals surface area contributed by atoms with Gasteiger partial charge in [0.1, 0.15) is 0 Å². The Kier molecular flexibility index (Phi) is 8.61. The van der Waals surface area contributed by atoms with E-state index in [0.717, 1.165) is 0 Å². The molecule has 14 heavy (non-hydrogen) atoms. The van der Waals surface area contributed by atoms with E-state index in [1.807, 2.05) is 0 Å². The summed E-state index contributed by atoms with van der Waals surface area (Å²) >= 11 is 0. The largest absolute Gasteiger partial charge is 1.00 e. The van der Waals surface area contributed by atoms with Gasteiger partial charge < -0.3 is 9.53 Å². The molecule has 0 aliphatic carbocycles. The molecule has 0 radical (unpaired) electrons. The van der Waals surface area contributed by atoms with E-state index in [1.165, 1.54) is 0 Å². The molecule has 0 heterocycles. The molecule has 0 aliphatic rings. The van der Waals surface area contributed by atoms with Gasteiger partial charge in [-0.2, -0.15) is 0 Å². The van der Waals surface area contributed by atoms with Gasteiger partial charge in [-0.05, 0) is 18.1 Å². The predicted octanol–water partition coefficient (Wildman–Crippen LogP) is -1.62. The Bertz CT molecular complexity index is 210. The molecule has 4 heteroatoms. The van der Waals surface area contributed by atoms with Gasteiger partial charge in [0.2, 0.25) is 0 Å². The van der Waals surface area contributed by atoms with E-state index < -0.39 is 8.32 Å². The van der Waals surface area contributed by atoms with Crippen molar-refractivity contribution in [3.63, 3.8) is 0 Å². The minimum Gasteiger partial charge on any atom is -0.845 e. The molecule has 0 bridgehead atoms. The zero-order valence-electron chi connectivity index (χ0n) is 10.2. The minimum atomic E-state index is -1.66. The fourth-order valence-electron chi connectivity index (χ4n) is 0.535. The van der Waals surface area contributed by atoms with Crippen molar-refractivity contribution < 1.29 is 39.1 Å². The molecule has 0 atom stereocenters. The molecular formula is C10H19NaO2Si. The van der Waals surface area contributed by atoms with Crippen molar-refractivity contribution in [2.24, 2.45) is 0 Å². The maximum atomic E-state index is 10.0. The minimum absolute atomic E-state index is 0. The molecule has 0 rings (SSSR count). The van der Waals surface area contributed by atoms with Gasteiger partial charge in [-0.15, -0.1) is 5.92 Å². The summed E-state index contributed by atoms with van der Waals surface area (Å²) in [4.78, 5) is 0. The summed E-state index contributed by atoms with van der Waals surface area (Å²) in [5.41, 5.74) is 0. The normalized spacial score (nSPS) is 11.3. The van der Waals surface area contributed by atoms with Crippen molar-refractivity contribution in [3.8, 4) is 11.8 Å². The smallest absolute Gasteiger partial charge is 0.845 e. The van der Waals surface area contributed by atoms with E-state index in [1.54, 1.807) is 0 Å². The van der Waals surface area contributed by atoms with Crippen molar-refractivity contribution in [1.29, 1.82) is 0 Å². The summed E-state index contributed by atoms with van der Waals surface area (Å²) < 4.78 is 5.72. The van der Waals surface area contributed by atoms with E-state index in [-0.39, 0.29) is 41.2 Å². The van der Waals surface area contributed by atoms with E-state index in [4.69, 9.17) is 4.43 Å². The first-order valence-corrected chi connectivity index (χ1v) is 7.40. The summed E-state index contributed by atoms with van der Waals surface area (Å²) in [6, 6.07) is 0. The van der Waals surface area contributed by atoms with Gasteiger partial charge in [-0.1, -0.05) is 33.3 Å². The van der Waals surface area contributed by atoms with Crippen LogP contribution in [0.4, 0.5) is 0 Å². The van der Waals surface area contributed by atoms with E-state index >= 15 is 0 Å². The molecular weight excluding hydrogens is 203 g/mol. The topological polar surface area (TPSA) is 32.3 Å². The van der Waals surface area contributed by atoms with E-state index in [2.05, 4.69) is 45.7 Å². The monoisotopic (exact) mass is 222 g/mol. The third-order valence-corrected chi connectivity index (χ3v) is 6.99. The Labute approximate surface area is 111 Å². The first-order valence-electron chi connectivity index (χ1n) is 4.49. The van der Waals surface area contributed by atoms with Gasteiger partial charge in [-0.25, -0.2) is 0 Å². The molecule has 0 aliphatic heterocycles. The molecule has 76 valence electrons. The second kappa shape index (κ2) is 7.05. The van der Waals surface area contributed by atoms with E-state index in [9.17, 15) is 5.11 Å². The summed E-state index contributed by atoms with van der Waals surface area (Å²) in [5, 5.41) is 10.2. The first kappa shape index (κ1) is 17.1. The zero-order valence-corrected chi connectivity index (χ0v) is 13.2. The van der Waals surface area contributed by atoms with Crippen LogP contribution in [0.15, 0.2) is 0 Å². The molecule has 0 fully saturated rings. The first-order chi connectivity index (χ1) is 5.81. The third-order valence-electron chi connectivity index (χ3n) is 2.51. The fourth-order valence-corrected chi connectivity index (χ4v) is 1.40. The van der Waals surface area contributed by atoms with Crippen LogP contribution in [-0.4, -0.2) is 21.5 Å². The Hall–Kier alpha value is 0.697. The van der Waals surface area contributed by atoms with Crippen LogP contribution in [0, 0.1) is 11.8 Å². The van der Waals surface area contributed by atoms with E-state index in [0.29, 0.717) is 6.61 Å². The van der Waals surface area contributed by atoms with Gasteiger partial charge in [0, 0.05) is 0 Å². The molecule has 0 aromatic rings. The summed E-state index contributed by atoms with van der Waals surface area (Å²) in [7, 11) is -1.66. The van der Waals surface area contributed by atoms with Crippen molar-refractivity contribution in [2.75, 3.05) is 13.2 Å². The summed E-state index contributed by atoms with van der Waals surface area (Å²) in [6.45, 7) is 11.0. The van der Waals surface area contributed by atoms with Crippen molar-refractivity contribution in [3.05, 3.63) is 0 Å². The quantitative estimate of drug-likeness (QED) is 0.415. The number of hydrogen-bond donors (Lipinski definition) is 0. The summed E-state index contributed by atoms with van der Waals surface area (Å²) in [6.07, 6.45) is 0. The standard InChI is InChI=1S/C10H19O2Si.Na/c1-10(2,3)13(4,5)12-9-7-6-8-11;/h8-9H2,1-5H3;/q-1;+1. The maximum Gasteiger partial charge on any atom is 1.00 e. The Morgan fingerprint density at radius 3 is 2.07 bits per heavy atom.